The molecule has 1 amide bonds. The van der Waals surface area contributed by atoms with Gasteiger partial charge < -0.3 is 26.0 Å². The van der Waals surface area contributed by atoms with E-state index in [-0.39, 0.29) is 29.5 Å². The van der Waals surface area contributed by atoms with E-state index in [1.165, 1.54) is 18.2 Å². The quantitative estimate of drug-likeness (QED) is 0.422. The highest BCUT2D eigenvalue weighted by molar-refractivity contribution is 5.78. The second kappa shape index (κ2) is 10.3. The number of nitrogens with one attached hydrogen (secondary N) is 2. The van der Waals surface area contributed by atoms with Gasteiger partial charge in [-0.3, -0.25) is 4.79 Å². The monoisotopic (exact) mass is 400 g/mol. The molecule has 1 atom stereocenters. The Hall–Kier alpha value is -2.57. The zero-order chi connectivity index (χ0) is 21.4. The Morgan fingerprint density at radius 3 is 2.38 bits per heavy atom. The third-order valence-corrected chi connectivity index (χ3v) is 4.66. The van der Waals surface area contributed by atoms with E-state index < -0.39 is 6.10 Å². The van der Waals surface area contributed by atoms with Crippen molar-refractivity contribution >= 4 is 5.91 Å². The number of rotatable bonds is 10. The summed E-state index contributed by atoms with van der Waals surface area (Å²) < 4.78 is 0. The first-order valence-corrected chi connectivity index (χ1v) is 9.99. The van der Waals surface area contributed by atoms with Crippen LogP contribution in [0.5, 0.6) is 11.5 Å². The molecular weight excluding hydrogens is 368 g/mol. The van der Waals surface area contributed by atoms with Crippen LogP contribution in [-0.4, -0.2) is 39.9 Å². The molecule has 0 bridgehead atoms. The summed E-state index contributed by atoms with van der Waals surface area (Å²) in [5, 5.41) is 35.8. The van der Waals surface area contributed by atoms with Crippen molar-refractivity contribution in [3.63, 3.8) is 0 Å². The van der Waals surface area contributed by atoms with Crippen LogP contribution in [0.1, 0.15) is 50.0 Å². The van der Waals surface area contributed by atoms with Crippen molar-refractivity contribution in [2.75, 3.05) is 13.1 Å². The molecule has 0 aliphatic carbocycles. The van der Waals surface area contributed by atoms with Gasteiger partial charge in [-0.25, -0.2) is 0 Å². The first-order chi connectivity index (χ1) is 13.7. The highest BCUT2D eigenvalue weighted by Crippen LogP contribution is 2.25. The van der Waals surface area contributed by atoms with Gasteiger partial charge in [0.25, 0.3) is 0 Å². The van der Waals surface area contributed by atoms with Gasteiger partial charge in [-0.2, -0.15) is 0 Å². The molecule has 158 valence electrons. The number of phenols is 2. The van der Waals surface area contributed by atoms with Crippen LogP contribution in [-0.2, 0) is 17.6 Å². The van der Waals surface area contributed by atoms with Crippen molar-refractivity contribution in [2.45, 2.75) is 51.7 Å². The second-order valence-electron chi connectivity index (χ2n) is 8.09. The van der Waals surface area contributed by atoms with Crippen LogP contribution in [0.2, 0.25) is 0 Å². The van der Waals surface area contributed by atoms with E-state index in [2.05, 4.69) is 10.6 Å². The van der Waals surface area contributed by atoms with Crippen LogP contribution >= 0.6 is 0 Å². The highest BCUT2D eigenvalue weighted by Gasteiger charge is 2.20. The fourth-order valence-corrected chi connectivity index (χ4v) is 3.24. The molecular formula is C23H32N2O4. The molecule has 0 saturated carbocycles. The largest absolute Gasteiger partial charge is 0.508 e. The summed E-state index contributed by atoms with van der Waals surface area (Å²) in [7, 11) is 0. The number of β-amino-alcohol motifs (C(OH)–C–C–N with tert-alkyl or cyclic N) is 1. The number of aliphatic hydroxyl groups excluding tert-OH is 1. The van der Waals surface area contributed by atoms with Crippen LogP contribution in [0.25, 0.3) is 0 Å². The molecule has 0 fully saturated rings. The molecule has 6 nitrogen and oxygen atoms in total. The SMILES string of the molecule is CCCNC(=O)Cc1cccc(CC(C)(C)NCC(O)c2cc(O)cc(O)c2)c1. The molecule has 0 spiro atoms. The van der Waals surface area contributed by atoms with Crippen LogP contribution in [0, 0.1) is 0 Å². The number of carbonyl (C=O) groups is 1. The van der Waals surface area contributed by atoms with Gasteiger partial charge >= 0.3 is 0 Å². The average Bonchev–Trinajstić information content (AvgIpc) is 2.63. The lowest BCUT2D eigenvalue weighted by Crippen LogP contribution is -2.43. The molecule has 2 aromatic carbocycles. The summed E-state index contributed by atoms with van der Waals surface area (Å²) in [6.45, 7) is 7.07. The van der Waals surface area contributed by atoms with Gasteiger partial charge in [-0.05, 0) is 55.5 Å². The Bertz CT molecular complexity index is 800. The molecule has 0 heterocycles. The third kappa shape index (κ3) is 7.75. The standard InChI is InChI=1S/C23H32N2O4/c1-4-8-24-22(29)10-16-6-5-7-17(9-16)14-23(2,3)25-15-21(28)18-11-19(26)13-20(27)12-18/h5-7,9,11-13,21,25-28H,4,8,10,14-15H2,1-3H3,(H,24,29). The minimum Gasteiger partial charge on any atom is -0.508 e. The van der Waals surface area contributed by atoms with Gasteiger partial charge in [0.15, 0.2) is 0 Å². The minimum absolute atomic E-state index is 0.0267. The number of hydrogen-bond donors (Lipinski definition) is 5. The maximum atomic E-state index is 11.9. The minimum atomic E-state index is -0.860. The van der Waals surface area contributed by atoms with E-state index >= 15 is 0 Å². The lowest BCUT2D eigenvalue weighted by atomic mass is 9.93. The van der Waals surface area contributed by atoms with E-state index in [1.54, 1.807) is 0 Å². The number of aliphatic hydroxyl groups is 1. The normalized spacial score (nSPS) is 12.6. The topological polar surface area (TPSA) is 102 Å². The lowest BCUT2D eigenvalue weighted by molar-refractivity contribution is -0.120. The molecule has 6 heteroatoms. The van der Waals surface area contributed by atoms with Gasteiger partial charge in [-0.1, -0.05) is 31.2 Å². The van der Waals surface area contributed by atoms with Crippen LogP contribution in [0.4, 0.5) is 0 Å². The number of carbonyl (C=O) groups excluding carboxylic acids is 1. The van der Waals surface area contributed by atoms with E-state index in [4.69, 9.17) is 0 Å². The molecule has 0 aromatic heterocycles. The third-order valence-electron chi connectivity index (χ3n) is 4.66. The highest BCUT2D eigenvalue weighted by atomic mass is 16.3. The van der Waals surface area contributed by atoms with Crippen LogP contribution in [0.15, 0.2) is 42.5 Å². The zero-order valence-electron chi connectivity index (χ0n) is 17.4. The summed E-state index contributed by atoms with van der Waals surface area (Å²) in [5.41, 5.74) is 2.23. The predicted molar refractivity (Wildman–Crippen MR) is 114 cm³/mol. The second-order valence-corrected chi connectivity index (χ2v) is 8.09. The number of amides is 1. The van der Waals surface area contributed by atoms with Gasteiger partial charge in [0.1, 0.15) is 11.5 Å². The van der Waals surface area contributed by atoms with Crippen molar-refractivity contribution in [3.8, 4) is 11.5 Å². The number of benzene rings is 2. The van der Waals surface area contributed by atoms with Crippen molar-refractivity contribution in [3.05, 3.63) is 59.2 Å². The number of aromatic hydroxyl groups is 2. The van der Waals surface area contributed by atoms with Gasteiger partial charge in [0, 0.05) is 24.7 Å². The lowest BCUT2D eigenvalue weighted by Gasteiger charge is -2.28. The summed E-state index contributed by atoms with van der Waals surface area (Å²) in [6.07, 6.45) is 1.14. The van der Waals surface area contributed by atoms with E-state index in [1.807, 2.05) is 45.0 Å². The molecule has 0 saturated heterocycles. The summed E-state index contributed by atoms with van der Waals surface area (Å²) in [5.74, 6) is -0.143. The molecule has 5 N–H and O–H groups in total. The first kappa shape index (κ1) is 22.7. The maximum Gasteiger partial charge on any atom is 0.224 e. The van der Waals surface area contributed by atoms with Crippen molar-refractivity contribution in [2.24, 2.45) is 0 Å². The van der Waals surface area contributed by atoms with E-state index in [0.29, 0.717) is 18.5 Å². The van der Waals surface area contributed by atoms with E-state index in [0.717, 1.165) is 24.0 Å². The molecule has 0 aliphatic heterocycles. The Balaban J connectivity index is 1.94. The maximum absolute atomic E-state index is 11.9. The molecule has 1 unspecified atom stereocenters. The molecule has 0 aliphatic rings. The summed E-state index contributed by atoms with van der Waals surface area (Å²) in [4.78, 5) is 11.9. The van der Waals surface area contributed by atoms with Gasteiger partial charge in [-0.15, -0.1) is 0 Å². The fraction of sp³-hybridized carbons (Fsp3) is 0.435. The zero-order valence-corrected chi connectivity index (χ0v) is 17.4. The Kier molecular flexibility index (Phi) is 8.05. The molecule has 0 radical (unpaired) electrons. The Morgan fingerprint density at radius 2 is 1.72 bits per heavy atom. The Morgan fingerprint density at radius 1 is 1.07 bits per heavy atom. The number of hydrogen-bond acceptors (Lipinski definition) is 5. The Labute approximate surface area is 172 Å². The summed E-state index contributed by atoms with van der Waals surface area (Å²) >= 11 is 0. The average molecular weight is 401 g/mol. The molecule has 2 aromatic rings. The van der Waals surface area contributed by atoms with Crippen molar-refractivity contribution in [1.82, 2.24) is 10.6 Å². The number of phenolic OH excluding ortho intramolecular Hbond substituents is 2. The first-order valence-electron chi connectivity index (χ1n) is 9.99. The molecule has 29 heavy (non-hydrogen) atoms. The van der Waals surface area contributed by atoms with Gasteiger partial charge in [0.2, 0.25) is 5.91 Å². The van der Waals surface area contributed by atoms with Gasteiger partial charge in [0.05, 0.1) is 12.5 Å². The smallest absolute Gasteiger partial charge is 0.224 e. The van der Waals surface area contributed by atoms with E-state index in [9.17, 15) is 20.1 Å². The molecule has 2 rings (SSSR count). The van der Waals surface area contributed by atoms with Crippen LogP contribution < -0.4 is 10.6 Å². The van der Waals surface area contributed by atoms with Crippen molar-refractivity contribution in [1.29, 1.82) is 0 Å². The fourth-order valence-electron chi connectivity index (χ4n) is 3.24. The van der Waals surface area contributed by atoms with Crippen LogP contribution in [0.3, 0.4) is 0 Å². The predicted octanol–water partition coefficient (Wildman–Crippen LogP) is 2.81. The van der Waals surface area contributed by atoms with Crippen molar-refractivity contribution < 1.29 is 20.1 Å². The summed E-state index contributed by atoms with van der Waals surface area (Å²) in [6, 6.07) is 12.1.